The Bertz CT molecular complexity index is 568. The van der Waals surface area contributed by atoms with Crippen molar-refractivity contribution in [3.63, 3.8) is 0 Å². The Labute approximate surface area is 138 Å². The first kappa shape index (κ1) is 17.7. The fraction of sp³-hybridized carbons (Fsp3) is 0.706. The van der Waals surface area contributed by atoms with Crippen LogP contribution < -0.4 is 10.6 Å². The lowest BCUT2D eigenvalue weighted by molar-refractivity contribution is 0.0195. The fourth-order valence-electron chi connectivity index (χ4n) is 2.73. The molecule has 6 nitrogen and oxygen atoms in total. The lowest BCUT2D eigenvalue weighted by Gasteiger charge is -2.33. The highest BCUT2D eigenvalue weighted by Gasteiger charge is 2.29. The molecule has 0 atom stereocenters. The second-order valence-electron chi connectivity index (χ2n) is 7.80. The van der Waals surface area contributed by atoms with Crippen LogP contribution in [-0.4, -0.2) is 38.0 Å². The number of hydrogen-bond donors (Lipinski definition) is 3. The summed E-state index contributed by atoms with van der Waals surface area (Å²) >= 11 is 0. The molecule has 1 aromatic rings. The normalized spacial score (nSPS) is 25.0. The van der Waals surface area contributed by atoms with E-state index < -0.39 is 5.60 Å². The van der Waals surface area contributed by atoms with Gasteiger partial charge in [0.25, 0.3) is 0 Å². The van der Waals surface area contributed by atoms with Gasteiger partial charge in [-0.1, -0.05) is 0 Å². The van der Waals surface area contributed by atoms with Crippen molar-refractivity contribution in [2.24, 2.45) is 0 Å². The number of aromatic nitrogens is 2. The number of nitrogens with zero attached hydrogens (tertiary/aromatic N) is 2. The highest BCUT2D eigenvalue weighted by Crippen LogP contribution is 2.29. The fourth-order valence-corrected chi connectivity index (χ4v) is 2.73. The monoisotopic (exact) mass is 320 g/mol. The second kappa shape index (κ2) is 6.43. The molecule has 1 aliphatic carbocycles. The highest BCUT2D eigenvalue weighted by atomic mass is 16.3. The van der Waals surface area contributed by atoms with Crippen LogP contribution in [0.3, 0.4) is 0 Å². The van der Waals surface area contributed by atoms with Crippen molar-refractivity contribution < 1.29 is 9.90 Å². The summed E-state index contributed by atoms with van der Waals surface area (Å²) in [6, 6.07) is 0.251. The Morgan fingerprint density at radius 1 is 1.35 bits per heavy atom. The van der Waals surface area contributed by atoms with Gasteiger partial charge >= 0.3 is 0 Å². The Kier molecular flexibility index (Phi) is 4.94. The number of rotatable bonds is 4. The van der Waals surface area contributed by atoms with Crippen LogP contribution in [-0.2, 0) is 0 Å². The van der Waals surface area contributed by atoms with E-state index in [9.17, 15) is 9.90 Å². The van der Waals surface area contributed by atoms with E-state index in [1.165, 1.54) is 6.92 Å². The van der Waals surface area contributed by atoms with Crippen molar-refractivity contribution in [3.8, 4) is 0 Å². The molecule has 0 radical (unpaired) electrons. The first-order valence-electron chi connectivity index (χ1n) is 8.21. The second-order valence-corrected chi connectivity index (χ2v) is 7.80. The van der Waals surface area contributed by atoms with Crippen molar-refractivity contribution in [2.75, 3.05) is 10.6 Å². The summed E-state index contributed by atoms with van der Waals surface area (Å²) < 4.78 is 0. The number of ketones is 1. The average Bonchev–Trinajstić information content (AvgIpc) is 2.39. The van der Waals surface area contributed by atoms with Crippen LogP contribution in [0.5, 0.6) is 0 Å². The molecule has 0 amide bonds. The topological polar surface area (TPSA) is 87.1 Å². The third-order valence-corrected chi connectivity index (χ3v) is 4.06. The molecule has 0 saturated heterocycles. The van der Waals surface area contributed by atoms with Crippen molar-refractivity contribution in [3.05, 3.63) is 11.8 Å². The van der Waals surface area contributed by atoms with Gasteiger partial charge in [0.1, 0.15) is 5.82 Å². The smallest absolute Gasteiger partial charge is 0.224 e. The summed E-state index contributed by atoms with van der Waals surface area (Å²) in [6.07, 6.45) is 4.87. The minimum atomic E-state index is -0.559. The molecular formula is C17H28N4O2. The van der Waals surface area contributed by atoms with Gasteiger partial charge in [0.05, 0.1) is 11.2 Å². The van der Waals surface area contributed by atoms with Gasteiger partial charge in [-0.25, -0.2) is 4.98 Å². The van der Waals surface area contributed by atoms with Crippen LogP contribution in [0, 0.1) is 0 Å². The molecule has 3 N–H and O–H groups in total. The van der Waals surface area contributed by atoms with E-state index in [2.05, 4.69) is 20.6 Å². The van der Waals surface area contributed by atoms with E-state index in [-0.39, 0.29) is 17.4 Å². The zero-order chi connectivity index (χ0) is 17.3. The SMILES string of the molecule is CC(=O)c1cnc(N[C@H]2CC[C@@](C)(O)CC2)nc1NC(C)(C)C. The molecule has 0 unspecified atom stereocenters. The first-order valence-corrected chi connectivity index (χ1v) is 8.21. The van der Waals surface area contributed by atoms with Crippen LogP contribution in [0.15, 0.2) is 6.20 Å². The van der Waals surface area contributed by atoms with Gasteiger partial charge in [-0.3, -0.25) is 4.79 Å². The quantitative estimate of drug-likeness (QED) is 0.739. The number of Topliss-reactive ketones (excluding diaryl/α,β-unsaturated/α-hetero) is 1. The highest BCUT2D eigenvalue weighted by molar-refractivity contribution is 5.98. The molecule has 0 spiro atoms. The third kappa shape index (κ3) is 5.16. The van der Waals surface area contributed by atoms with Crippen molar-refractivity contribution in [1.29, 1.82) is 0 Å². The molecule has 0 aromatic carbocycles. The van der Waals surface area contributed by atoms with Gasteiger partial charge in [-0.15, -0.1) is 0 Å². The molecule has 128 valence electrons. The molecule has 0 bridgehead atoms. The van der Waals surface area contributed by atoms with Gasteiger partial charge in [-0.05, 0) is 60.3 Å². The molecule has 1 aliphatic rings. The number of anilines is 2. The molecular weight excluding hydrogens is 292 g/mol. The summed E-state index contributed by atoms with van der Waals surface area (Å²) in [5, 5.41) is 16.6. The summed E-state index contributed by atoms with van der Waals surface area (Å²) in [7, 11) is 0. The van der Waals surface area contributed by atoms with E-state index in [1.807, 2.05) is 27.7 Å². The zero-order valence-electron chi connectivity index (χ0n) is 14.7. The Hall–Kier alpha value is -1.69. The van der Waals surface area contributed by atoms with Crippen LogP contribution in [0.1, 0.15) is 70.7 Å². The standard InChI is InChI=1S/C17H28N4O2/c1-11(22)13-10-18-15(20-14(13)21-16(2,3)4)19-12-6-8-17(5,23)9-7-12/h10,12,23H,6-9H2,1-5H3,(H2,18,19,20,21)/t12-,17+. The minimum Gasteiger partial charge on any atom is -0.390 e. The molecule has 1 fully saturated rings. The van der Waals surface area contributed by atoms with Gasteiger partial charge in [0.2, 0.25) is 5.95 Å². The third-order valence-electron chi connectivity index (χ3n) is 4.06. The van der Waals surface area contributed by atoms with Crippen LogP contribution in [0.25, 0.3) is 0 Å². The largest absolute Gasteiger partial charge is 0.390 e. The predicted molar refractivity (Wildman–Crippen MR) is 91.9 cm³/mol. The molecule has 1 aromatic heterocycles. The predicted octanol–water partition coefficient (Wildman–Crippen LogP) is 3.00. The Balaban J connectivity index is 2.14. The number of nitrogens with one attached hydrogen (secondary N) is 2. The number of hydrogen-bond acceptors (Lipinski definition) is 6. The summed E-state index contributed by atoms with van der Waals surface area (Å²) in [5.74, 6) is 1.02. The molecule has 6 heteroatoms. The lowest BCUT2D eigenvalue weighted by atomic mass is 9.84. The number of carbonyl (C=O) groups is 1. The van der Waals surface area contributed by atoms with E-state index >= 15 is 0 Å². The maximum Gasteiger partial charge on any atom is 0.224 e. The summed E-state index contributed by atoms with van der Waals surface area (Å²) in [6.45, 7) is 9.47. The maximum absolute atomic E-state index is 11.8. The summed E-state index contributed by atoms with van der Waals surface area (Å²) in [4.78, 5) is 20.5. The summed E-state index contributed by atoms with van der Waals surface area (Å²) in [5.41, 5.74) is -0.257. The van der Waals surface area contributed by atoms with Crippen molar-refractivity contribution in [2.45, 2.75) is 77.5 Å². The van der Waals surface area contributed by atoms with Gasteiger partial charge in [-0.2, -0.15) is 4.98 Å². The van der Waals surface area contributed by atoms with Gasteiger partial charge in [0.15, 0.2) is 5.78 Å². The Morgan fingerprint density at radius 2 is 1.96 bits per heavy atom. The molecule has 0 aliphatic heterocycles. The van der Waals surface area contributed by atoms with Gasteiger partial charge < -0.3 is 15.7 Å². The zero-order valence-corrected chi connectivity index (χ0v) is 14.7. The number of carbonyl (C=O) groups excluding carboxylic acids is 1. The average molecular weight is 320 g/mol. The van der Waals surface area contributed by atoms with E-state index in [4.69, 9.17) is 0 Å². The number of aliphatic hydroxyl groups is 1. The minimum absolute atomic E-state index is 0.0583. The molecule has 1 saturated carbocycles. The van der Waals surface area contributed by atoms with Crippen molar-refractivity contribution in [1.82, 2.24) is 9.97 Å². The van der Waals surface area contributed by atoms with Crippen LogP contribution in [0.2, 0.25) is 0 Å². The van der Waals surface area contributed by atoms with E-state index in [0.29, 0.717) is 17.3 Å². The van der Waals surface area contributed by atoms with Crippen LogP contribution >= 0.6 is 0 Å². The molecule has 2 rings (SSSR count). The lowest BCUT2D eigenvalue weighted by Crippen LogP contribution is -2.36. The van der Waals surface area contributed by atoms with Crippen LogP contribution in [0.4, 0.5) is 11.8 Å². The van der Waals surface area contributed by atoms with E-state index in [1.54, 1.807) is 6.20 Å². The Morgan fingerprint density at radius 3 is 2.48 bits per heavy atom. The molecule has 1 heterocycles. The molecule has 23 heavy (non-hydrogen) atoms. The van der Waals surface area contributed by atoms with Crippen molar-refractivity contribution >= 4 is 17.5 Å². The maximum atomic E-state index is 11.8. The first-order chi connectivity index (χ1) is 10.6. The van der Waals surface area contributed by atoms with E-state index in [0.717, 1.165) is 25.7 Å². The van der Waals surface area contributed by atoms with Gasteiger partial charge in [0, 0.05) is 17.8 Å².